The van der Waals surface area contributed by atoms with Crippen LogP contribution in [0.3, 0.4) is 0 Å². The van der Waals surface area contributed by atoms with Gasteiger partial charge >= 0.3 is 0 Å². The van der Waals surface area contributed by atoms with Crippen LogP contribution < -0.4 is 9.62 Å². The van der Waals surface area contributed by atoms with E-state index in [1.54, 1.807) is 30.3 Å². The zero-order chi connectivity index (χ0) is 21.0. The number of rotatable bonds is 6. The molecule has 1 amide bonds. The predicted octanol–water partition coefficient (Wildman–Crippen LogP) is 4.28. The van der Waals surface area contributed by atoms with Gasteiger partial charge < -0.3 is 5.32 Å². The zero-order valence-electron chi connectivity index (χ0n) is 16.1. The Morgan fingerprint density at radius 3 is 2.24 bits per heavy atom. The number of nitrogens with zero attached hydrogens (tertiary/aromatic N) is 1. The third-order valence-electron chi connectivity index (χ3n) is 4.53. The molecule has 0 aliphatic rings. The molecule has 0 fully saturated rings. The van der Waals surface area contributed by atoms with E-state index in [1.165, 1.54) is 30.3 Å². The van der Waals surface area contributed by atoms with Crippen molar-refractivity contribution in [3.63, 3.8) is 0 Å². The van der Waals surface area contributed by atoms with Gasteiger partial charge in [-0.2, -0.15) is 0 Å². The summed E-state index contributed by atoms with van der Waals surface area (Å²) in [6.07, 6.45) is 0. The fourth-order valence-electron chi connectivity index (χ4n) is 2.82. The first-order chi connectivity index (χ1) is 13.8. The number of aryl methyl sites for hydroxylation is 2. The molecule has 0 heterocycles. The van der Waals surface area contributed by atoms with Crippen LogP contribution in [0.1, 0.15) is 11.1 Å². The highest BCUT2D eigenvalue weighted by atomic mass is 32.2. The van der Waals surface area contributed by atoms with E-state index in [0.717, 1.165) is 21.5 Å². The van der Waals surface area contributed by atoms with Crippen molar-refractivity contribution in [2.75, 3.05) is 16.2 Å². The number of carbonyl (C=O) groups is 1. The normalized spacial score (nSPS) is 11.1. The Morgan fingerprint density at radius 2 is 1.59 bits per heavy atom. The summed E-state index contributed by atoms with van der Waals surface area (Å²) in [4.78, 5) is 12.6. The summed E-state index contributed by atoms with van der Waals surface area (Å²) in [6.45, 7) is 3.30. The van der Waals surface area contributed by atoms with E-state index < -0.39 is 28.3 Å². The molecule has 0 bridgehead atoms. The second kappa shape index (κ2) is 8.45. The maximum Gasteiger partial charge on any atom is 0.264 e. The maximum atomic E-state index is 14.4. The van der Waals surface area contributed by atoms with Crippen molar-refractivity contribution in [1.29, 1.82) is 0 Å². The van der Waals surface area contributed by atoms with E-state index in [9.17, 15) is 17.6 Å². The number of carbonyl (C=O) groups excluding carboxylic acids is 1. The quantitative estimate of drug-likeness (QED) is 0.657. The summed E-state index contributed by atoms with van der Waals surface area (Å²) in [5.41, 5.74) is 2.42. The van der Waals surface area contributed by atoms with Crippen LogP contribution in [0.4, 0.5) is 15.8 Å². The van der Waals surface area contributed by atoms with Gasteiger partial charge in [-0.25, -0.2) is 12.8 Å². The second-order valence-electron chi connectivity index (χ2n) is 6.62. The van der Waals surface area contributed by atoms with Gasteiger partial charge in [0.1, 0.15) is 12.4 Å². The van der Waals surface area contributed by atoms with Crippen LogP contribution in [-0.4, -0.2) is 20.9 Å². The van der Waals surface area contributed by atoms with Crippen molar-refractivity contribution in [3.8, 4) is 0 Å². The van der Waals surface area contributed by atoms with Crippen LogP contribution in [0.25, 0.3) is 0 Å². The zero-order valence-corrected chi connectivity index (χ0v) is 16.9. The molecule has 0 spiro atoms. The number of halogens is 1. The highest BCUT2D eigenvalue weighted by molar-refractivity contribution is 7.92. The Kier molecular flexibility index (Phi) is 5.98. The topological polar surface area (TPSA) is 66.5 Å². The third kappa shape index (κ3) is 4.63. The van der Waals surface area contributed by atoms with E-state index >= 15 is 0 Å². The number of para-hydroxylation sites is 1. The van der Waals surface area contributed by atoms with E-state index in [2.05, 4.69) is 5.32 Å². The van der Waals surface area contributed by atoms with Crippen molar-refractivity contribution < 1.29 is 17.6 Å². The van der Waals surface area contributed by atoms with E-state index in [-0.39, 0.29) is 10.6 Å². The molecule has 3 rings (SSSR count). The molecule has 5 nitrogen and oxygen atoms in total. The number of hydrogen-bond donors (Lipinski definition) is 1. The molecule has 150 valence electrons. The van der Waals surface area contributed by atoms with Gasteiger partial charge in [0, 0.05) is 5.69 Å². The molecular formula is C22H21FN2O3S. The number of sulfonamides is 1. The first kappa shape index (κ1) is 20.5. The van der Waals surface area contributed by atoms with E-state index in [1.807, 2.05) is 19.9 Å². The number of nitrogens with one attached hydrogen (secondary N) is 1. The van der Waals surface area contributed by atoms with Crippen LogP contribution in [0, 0.1) is 19.7 Å². The lowest BCUT2D eigenvalue weighted by molar-refractivity contribution is -0.114. The Morgan fingerprint density at radius 1 is 0.931 bits per heavy atom. The summed E-state index contributed by atoms with van der Waals surface area (Å²) in [5, 5.41) is 2.69. The van der Waals surface area contributed by atoms with Crippen molar-refractivity contribution >= 4 is 27.3 Å². The molecule has 0 saturated heterocycles. The molecule has 0 radical (unpaired) electrons. The Balaban J connectivity index is 1.94. The lowest BCUT2D eigenvalue weighted by Crippen LogP contribution is -2.38. The second-order valence-corrected chi connectivity index (χ2v) is 8.49. The number of amides is 1. The molecule has 0 unspecified atom stereocenters. The Hall–Kier alpha value is -3.19. The molecular weight excluding hydrogens is 391 g/mol. The van der Waals surface area contributed by atoms with Crippen LogP contribution >= 0.6 is 0 Å². The molecule has 0 aromatic heterocycles. The minimum absolute atomic E-state index is 0.0257. The SMILES string of the molecule is Cc1ccc(NC(=O)CN(c2ccccc2F)S(=O)(=O)c2ccccc2)cc1C. The molecule has 3 aromatic rings. The van der Waals surface area contributed by atoms with Gasteiger partial charge in [0.15, 0.2) is 0 Å². The van der Waals surface area contributed by atoms with Gasteiger partial charge in [-0.1, -0.05) is 36.4 Å². The van der Waals surface area contributed by atoms with Gasteiger partial charge in [-0.3, -0.25) is 9.10 Å². The first-order valence-electron chi connectivity index (χ1n) is 8.98. The van der Waals surface area contributed by atoms with Crippen LogP contribution in [-0.2, 0) is 14.8 Å². The highest BCUT2D eigenvalue weighted by Crippen LogP contribution is 2.26. The monoisotopic (exact) mass is 412 g/mol. The Labute approximate surface area is 169 Å². The lowest BCUT2D eigenvalue weighted by atomic mass is 10.1. The van der Waals surface area contributed by atoms with E-state index in [0.29, 0.717) is 5.69 Å². The fourth-order valence-corrected chi connectivity index (χ4v) is 4.27. The molecule has 3 aromatic carbocycles. The van der Waals surface area contributed by atoms with Crippen LogP contribution in [0.2, 0.25) is 0 Å². The standard InChI is InChI=1S/C22H21FN2O3S/c1-16-12-13-18(14-17(16)2)24-22(26)15-25(21-11-7-6-10-20(21)23)29(27,28)19-8-4-3-5-9-19/h3-14H,15H2,1-2H3,(H,24,26). The average molecular weight is 412 g/mol. The summed E-state index contributed by atoms with van der Waals surface area (Å²) in [7, 11) is -4.15. The van der Waals surface area contributed by atoms with Crippen molar-refractivity contribution in [2.45, 2.75) is 18.7 Å². The highest BCUT2D eigenvalue weighted by Gasteiger charge is 2.29. The summed E-state index contributed by atoms with van der Waals surface area (Å²) in [6, 6.07) is 18.5. The molecule has 0 saturated carbocycles. The van der Waals surface area contributed by atoms with E-state index in [4.69, 9.17) is 0 Å². The summed E-state index contributed by atoms with van der Waals surface area (Å²) in [5.74, 6) is -1.30. The fraction of sp³-hybridized carbons (Fsp3) is 0.136. The molecule has 29 heavy (non-hydrogen) atoms. The maximum absolute atomic E-state index is 14.4. The minimum Gasteiger partial charge on any atom is -0.325 e. The van der Waals surface area contributed by atoms with Gasteiger partial charge in [0.25, 0.3) is 10.0 Å². The smallest absolute Gasteiger partial charge is 0.264 e. The number of anilines is 2. The molecule has 0 aliphatic heterocycles. The average Bonchev–Trinajstić information content (AvgIpc) is 2.70. The molecule has 7 heteroatoms. The largest absolute Gasteiger partial charge is 0.325 e. The summed E-state index contributed by atoms with van der Waals surface area (Å²) >= 11 is 0. The third-order valence-corrected chi connectivity index (χ3v) is 6.30. The Bertz CT molecular complexity index is 1130. The summed E-state index contributed by atoms with van der Waals surface area (Å²) < 4.78 is 41.5. The van der Waals surface area contributed by atoms with Crippen LogP contribution in [0.5, 0.6) is 0 Å². The molecule has 0 atom stereocenters. The van der Waals surface area contributed by atoms with Crippen molar-refractivity contribution in [2.24, 2.45) is 0 Å². The molecule has 1 N–H and O–H groups in total. The lowest BCUT2D eigenvalue weighted by Gasteiger charge is -2.24. The van der Waals surface area contributed by atoms with Gasteiger partial charge in [0.2, 0.25) is 5.91 Å². The number of hydrogen-bond acceptors (Lipinski definition) is 3. The molecule has 0 aliphatic carbocycles. The van der Waals surface area contributed by atoms with Crippen molar-refractivity contribution in [1.82, 2.24) is 0 Å². The number of benzene rings is 3. The van der Waals surface area contributed by atoms with Gasteiger partial charge in [-0.05, 0) is 61.4 Å². The van der Waals surface area contributed by atoms with Gasteiger partial charge in [0.05, 0.1) is 10.6 Å². The minimum atomic E-state index is -4.15. The van der Waals surface area contributed by atoms with Crippen LogP contribution in [0.15, 0.2) is 77.7 Å². The first-order valence-corrected chi connectivity index (χ1v) is 10.4. The van der Waals surface area contributed by atoms with Crippen molar-refractivity contribution in [3.05, 3.63) is 89.7 Å². The van der Waals surface area contributed by atoms with Gasteiger partial charge in [-0.15, -0.1) is 0 Å². The predicted molar refractivity (Wildman–Crippen MR) is 112 cm³/mol.